The summed E-state index contributed by atoms with van der Waals surface area (Å²) in [6.07, 6.45) is 0.611. The first kappa shape index (κ1) is 16.1. The highest BCUT2D eigenvalue weighted by Crippen LogP contribution is 2.27. The Balaban J connectivity index is 1.85. The van der Waals surface area contributed by atoms with Crippen molar-refractivity contribution < 1.29 is 13.9 Å². The lowest BCUT2D eigenvalue weighted by Gasteiger charge is -2.11. The number of methoxy groups -OCH3 is 1. The van der Waals surface area contributed by atoms with Gasteiger partial charge >= 0.3 is 6.03 Å². The molecular formula is C16H16ClFN2O2. The third kappa shape index (κ3) is 4.63. The van der Waals surface area contributed by atoms with Crippen molar-refractivity contribution in [1.82, 2.24) is 5.32 Å². The summed E-state index contributed by atoms with van der Waals surface area (Å²) in [5, 5.41) is 5.90. The molecule has 0 saturated heterocycles. The van der Waals surface area contributed by atoms with E-state index in [1.54, 1.807) is 30.3 Å². The van der Waals surface area contributed by atoms with Crippen molar-refractivity contribution in [1.29, 1.82) is 0 Å². The number of rotatable bonds is 5. The molecule has 0 radical (unpaired) electrons. The SMILES string of the molecule is COc1ccc(Cl)cc1NC(=O)NCCc1ccc(F)cc1. The molecule has 4 nitrogen and oxygen atoms in total. The lowest BCUT2D eigenvalue weighted by molar-refractivity contribution is 0.252. The average Bonchev–Trinajstić information content (AvgIpc) is 2.49. The normalized spacial score (nSPS) is 10.1. The van der Waals surface area contributed by atoms with Crippen LogP contribution in [-0.4, -0.2) is 19.7 Å². The molecule has 2 rings (SSSR count). The minimum absolute atomic E-state index is 0.275. The molecule has 0 aromatic heterocycles. The minimum Gasteiger partial charge on any atom is -0.495 e. The highest BCUT2D eigenvalue weighted by molar-refractivity contribution is 6.31. The Labute approximate surface area is 133 Å². The van der Waals surface area contributed by atoms with Crippen LogP contribution < -0.4 is 15.4 Å². The molecule has 0 unspecified atom stereocenters. The van der Waals surface area contributed by atoms with Gasteiger partial charge in [-0.15, -0.1) is 0 Å². The first-order valence-corrected chi connectivity index (χ1v) is 7.09. The van der Waals surface area contributed by atoms with Crippen molar-refractivity contribution >= 4 is 23.3 Å². The molecule has 0 spiro atoms. The molecule has 0 bridgehead atoms. The smallest absolute Gasteiger partial charge is 0.319 e. The Hall–Kier alpha value is -2.27. The molecule has 0 fully saturated rings. The molecule has 116 valence electrons. The Morgan fingerprint density at radius 3 is 2.64 bits per heavy atom. The van der Waals surface area contributed by atoms with Crippen molar-refractivity contribution in [3.05, 3.63) is 58.9 Å². The second kappa shape index (κ2) is 7.66. The number of anilines is 1. The van der Waals surface area contributed by atoms with Crippen LogP contribution >= 0.6 is 11.6 Å². The summed E-state index contributed by atoms with van der Waals surface area (Å²) in [6.45, 7) is 0.431. The van der Waals surface area contributed by atoms with Gasteiger partial charge in [0.15, 0.2) is 0 Å². The van der Waals surface area contributed by atoms with Gasteiger partial charge in [-0.05, 0) is 42.3 Å². The van der Waals surface area contributed by atoms with Crippen LogP contribution in [0.1, 0.15) is 5.56 Å². The zero-order valence-corrected chi connectivity index (χ0v) is 12.8. The number of halogens is 2. The lowest BCUT2D eigenvalue weighted by Crippen LogP contribution is -2.30. The van der Waals surface area contributed by atoms with Gasteiger partial charge in [0.2, 0.25) is 0 Å². The van der Waals surface area contributed by atoms with E-state index in [0.29, 0.717) is 29.4 Å². The van der Waals surface area contributed by atoms with Crippen molar-refractivity contribution in [3.63, 3.8) is 0 Å². The van der Waals surface area contributed by atoms with Gasteiger partial charge in [0, 0.05) is 11.6 Å². The van der Waals surface area contributed by atoms with Crippen LogP contribution in [0.4, 0.5) is 14.9 Å². The predicted octanol–water partition coefficient (Wildman–Crippen LogP) is 3.85. The summed E-state index contributed by atoms with van der Waals surface area (Å²) in [5.41, 5.74) is 1.44. The Bertz CT molecular complexity index is 647. The third-order valence-corrected chi connectivity index (χ3v) is 3.26. The van der Waals surface area contributed by atoms with E-state index in [2.05, 4.69) is 10.6 Å². The van der Waals surface area contributed by atoms with Crippen LogP contribution in [0, 0.1) is 5.82 Å². The van der Waals surface area contributed by atoms with Gasteiger partial charge < -0.3 is 15.4 Å². The highest BCUT2D eigenvalue weighted by atomic mass is 35.5. The van der Waals surface area contributed by atoms with Crippen LogP contribution in [0.3, 0.4) is 0 Å². The average molecular weight is 323 g/mol. The maximum absolute atomic E-state index is 12.8. The number of amides is 2. The Kier molecular flexibility index (Phi) is 5.61. The van der Waals surface area contributed by atoms with Gasteiger partial charge in [-0.2, -0.15) is 0 Å². The number of nitrogens with one attached hydrogen (secondary N) is 2. The molecule has 0 aliphatic heterocycles. The fourth-order valence-electron chi connectivity index (χ4n) is 1.92. The standard InChI is InChI=1S/C16H16ClFN2O2/c1-22-15-7-4-12(17)10-14(15)20-16(21)19-9-8-11-2-5-13(18)6-3-11/h2-7,10H,8-9H2,1H3,(H2,19,20,21). The molecule has 0 saturated carbocycles. The zero-order valence-electron chi connectivity index (χ0n) is 12.0. The number of carbonyl (C=O) groups excluding carboxylic acids is 1. The summed E-state index contributed by atoms with van der Waals surface area (Å²) in [6, 6.07) is 10.8. The summed E-state index contributed by atoms with van der Waals surface area (Å²) in [4.78, 5) is 11.9. The molecule has 0 aliphatic carbocycles. The van der Waals surface area contributed by atoms with Crippen molar-refractivity contribution in [2.75, 3.05) is 19.0 Å². The van der Waals surface area contributed by atoms with Gasteiger partial charge in [0.1, 0.15) is 11.6 Å². The lowest BCUT2D eigenvalue weighted by atomic mass is 10.1. The van der Waals surface area contributed by atoms with Gasteiger partial charge in [-0.1, -0.05) is 23.7 Å². The van der Waals surface area contributed by atoms with Crippen molar-refractivity contribution in [2.24, 2.45) is 0 Å². The van der Waals surface area contributed by atoms with Gasteiger partial charge in [0.25, 0.3) is 0 Å². The molecule has 2 aromatic rings. The van der Waals surface area contributed by atoms with E-state index >= 15 is 0 Å². The van der Waals surface area contributed by atoms with E-state index in [1.807, 2.05) is 0 Å². The van der Waals surface area contributed by atoms with E-state index in [0.717, 1.165) is 5.56 Å². The molecule has 0 atom stereocenters. The fourth-order valence-corrected chi connectivity index (χ4v) is 2.09. The molecule has 0 aliphatic rings. The largest absolute Gasteiger partial charge is 0.495 e. The first-order valence-electron chi connectivity index (χ1n) is 6.71. The number of hydrogen-bond acceptors (Lipinski definition) is 2. The number of hydrogen-bond donors (Lipinski definition) is 2. The molecular weight excluding hydrogens is 307 g/mol. The third-order valence-electron chi connectivity index (χ3n) is 3.02. The van der Waals surface area contributed by atoms with Crippen LogP contribution in [-0.2, 0) is 6.42 Å². The number of benzene rings is 2. The first-order chi connectivity index (χ1) is 10.6. The van der Waals surface area contributed by atoms with E-state index < -0.39 is 0 Å². The second-order valence-corrected chi connectivity index (χ2v) is 5.04. The maximum Gasteiger partial charge on any atom is 0.319 e. The van der Waals surface area contributed by atoms with Crippen LogP contribution in [0.2, 0.25) is 5.02 Å². The van der Waals surface area contributed by atoms with Gasteiger partial charge in [-0.25, -0.2) is 9.18 Å². The summed E-state index contributed by atoms with van der Waals surface area (Å²) in [5.74, 6) is 0.251. The maximum atomic E-state index is 12.8. The minimum atomic E-state index is -0.359. The second-order valence-electron chi connectivity index (χ2n) is 4.60. The van der Waals surface area contributed by atoms with Crippen molar-refractivity contribution in [3.8, 4) is 5.75 Å². The molecule has 6 heteroatoms. The number of urea groups is 1. The van der Waals surface area contributed by atoms with E-state index in [4.69, 9.17) is 16.3 Å². The summed E-state index contributed by atoms with van der Waals surface area (Å²) >= 11 is 5.90. The summed E-state index contributed by atoms with van der Waals surface area (Å²) in [7, 11) is 1.51. The Morgan fingerprint density at radius 2 is 1.95 bits per heavy atom. The van der Waals surface area contributed by atoms with Crippen molar-refractivity contribution in [2.45, 2.75) is 6.42 Å². The highest BCUT2D eigenvalue weighted by Gasteiger charge is 2.07. The van der Waals surface area contributed by atoms with Crippen LogP contribution in [0.25, 0.3) is 0 Å². The fraction of sp³-hybridized carbons (Fsp3) is 0.188. The van der Waals surface area contributed by atoms with Crippen LogP contribution in [0.5, 0.6) is 5.75 Å². The quantitative estimate of drug-likeness (QED) is 0.878. The Morgan fingerprint density at radius 1 is 1.23 bits per heavy atom. The van der Waals surface area contributed by atoms with E-state index in [9.17, 15) is 9.18 Å². The van der Waals surface area contributed by atoms with Gasteiger partial charge in [-0.3, -0.25) is 0 Å². The topological polar surface area (TPSA) is 50.4 Å². The van der Waals surface area contributed by atoms with Gasteiger partial charge in [0.05, 0.1) is 12.8 Å². The number of ether oxygens (including phenoxy) is 1. The monoisotopic (exact) mass is 322 g/mol. The summed E-state index contributed by atoms with van der Waals surface area (Å²) < 4.78 is 17.9. The predicted molar refractivity (Wildman–Crippen MR) is 85.1 cm³/mol. The molecule has 22 heavy (non-hydrogen) atoms. The molecule has 2 N–H and O–H groups in total. The van der Waals surface area contributed by atoms with E-state index in [-0.39, 0.29) is 11.8 Å². The van der Waals surface area contributed by atoms with Crippen LogP contribution in [0.15, 0.2) is 42.5 Å². The molecule has 0 heterocycles. The molecule has 2 aromatic carbocycles. The molecule has 2 amide bonds. The number of carbonyl (C=O) groups is 1. The van der Waals surface area contributed by atoms with E-state index in [1.165, 1.54) is 19.2 Å². The zero-order chi connectivity index (χ0) is 15.9.